The number of aromatic nitrogens is 2. The molecule has 0 saturated carbocycles. The third-order valence-corrected chi connectivity index (χ3v) is 4.18. The van der Waals surface area contributed by atoms with E-state index in [2.05, 4.69) is 4.98 Å². The Kier molecular flexibility index (Phi) is 5.54. The second-order valence-corrected chi connectivity index (χ2v) is 6.07. The van der Waals surface area contributed by atoms with Gasteiger partial charge in [-0.05, 0) is 45.0 Å². The largest absolute Gasteiger partial charge is 0.465 e. The van der Waals surface area contributed by atoms with E-state index < -0.39 is 17.9 Å². The van der Waals surface area contributed by atoms with Crippen LogP contribution in [0, 0.1) is 6.92 Å². The number of aryl methyl sites for hydroxylation is 1. The molecule has 0 aliphatic rings. The molecule has 140 valence electrons. The van der Waals surface area contributed by atoms with Crippen molar-refractivity contribution < 1.29 is 19.1 Å². The van der Waals surface area contributed by atoms with Crippen molar-refractivity contribution in [2.24, 2.45) is 0 Å². The zero-order chi connectivity index (χ0) is 19.4. The van der Waals surface area contributed by atoms with E-state index in [1.165, 1.54) is 0 Å². The molecule has 0 N–H and O–H groups in total. The number of carbonyl (C=O) groups is 2. The van der Waals surface area contributed by atoms with Crippen LogP contribution in [0.3, 0.4) is 0 Å². The molecule has 6 nitrogen and oxygen atoms in total. The summed E-state index contributed by atoms with van der Waals surface area (Å²) in [6.45, 7) is 5.72. The summed E-state index contributed by atoms with van der Waals surface area (Å²) in [7, 11) is 0. The second-order valence-electron chi connectivity index (χ2n) is 6.07. The van der Waals surface area contributed by atoms with Crippen LogP contribution >= 0.6 is 0 Å². The predicted octanol–water partition coefficient (Wildman–Crippen LogP) is 3.54. The Labute approximate surface area is 157 Å². The zero-order valence-corrected chi connectivity index (χ0v) is 15.6. The zero-order valence-electron chi connectivity index (χ0n) is 15.6. The Hall–Kier alpha value is -3.15. The first-order valence-electron chi connectivity index (χ1n) is 8.94. The van der Waals surface area contributed by atoms with Gasteiger partial charge in [-0.1, -0.05) is 29.8 Å². The SMILES string of the molecule is CCOC(=O)C(C(=O)OCC)c1nc2ccccc2n1-c1ccc(C)cc1. The number of para-hydroxylation sites is 2. The highest BCUT2D eigenvalue weighted by atomic mass is 16.6. The summed E-state index contributed by atoms with van der Waals surface area (Å²) in [4.78, 5) is 29.8. The maximum absolute atomic E-state index is 12.6. The van der Waals surface area contributed by atoms with Crippen molar-refractivity contribution in [1.82, 2.24) is 9.55 Å². The first kappa shape index (κ1) is 18.6. The number of carbonyl (C=O) groups excluding carboxylic acids is 2. The molecule has 0 aliphatic carbocycles. The predicted molar refractivity (Wildman–Crippen MR) is 102 cm³/mol. The van der Waals surface area contributed by atoms with Gasteiger partial charge in [0.2, 0.25) is 5.92 Å². The number of ether oxygens (including phenoxy) is 2. The normalized spacial score (nSPS) is 11.0. The minimum atomic E-state index is -1.25. The molecule has 2 aromatic carbocycles. The van der Waals surface area contributed by atoms with E-state index in [4.69, 9.17) is 9.47 Å². The lowest BCUT2D eigenvalue weighted by Gasteiger charge is -2.16. The van der Waals surface area contributed by atoms with Crippen LogP contribution < -0.4 is 0 Å². The summed E-state index contributed by atoms with van der Waals surface area (Å²) < 4.78 is 12.1. The maximum atomic E-state index is 12.6. The molecule has 0 bridgehead atoms. The van der Waals surface area contributed by atoms with Gasteiger partial charge in [-0.2, -0.15) is 0 Å². The number of hydrogen-bond acceptors (Lipinski definition) is 5. The summed E-state index contributed by atoms with van der Waals surface area (Å²) in [5, 5.41) is 0. The van der Waals surface area contributed by atoms with E-state index >= 15 is 0 Å². The Morgan fingerprint density at radius 2 is 1.56 bits per heavy atom. The number of fused-ring (bicyclic) bond motifs is 1. The number of rotatable bonds is 6. The van der Waals surface area contributed by atoms with Gasteiger partial charge in [-0.15, -0.1) is 0 Å². The number of hydrogen-bond donors (Lipinski definition) is 0. The van der Waals surface area contributed by atoms with E-state index in [1.807, 2.05) is 60.0 Å². The molecule has 3 aromatic rings. The van der Waals surface area contributed by atoms with E-state index in [0.717, 1.165) is 16.8 Å². The molecular formula is C21H22N2O4. The van der Waals surface area contributed by atoms with Crippen LogP contribution in [-0.4, -0.2) is 34.7 Å². The van der Waals surface area contributed by atoms with Gasteiger partial charge in [0, 0.05) is 5.69 Å². The Balaban J connectivity index is 2.24. The van der Waals surface area contributed by atoms with E-state index in [9.17, 15) is 9.59 Å². The molecule has 3 rings (SSSR count). The average Bonchev–Trinajstić information content (AvgIpc) is 3.02. The molecule has 6 heteroatoms. The van der Waals surface area contributed by atoms with Gasteiger partial charge in [-0.3, -0.25) is 14.2 Å². The summed E-state index contributed by atoms with van der Waals surface area (Å²) in [5.41, 5.74) is 3.40. The summed E-state index contributed by atoms with van der Waals surface area (Å²) in [6.07, 6.45) is 0. The smallest absolute Gasteiger partial charge is 0.328 e. The van der Waals surface area contributed by atoms with Crippen molar-refractivity contribution in [2.45, 2.75) is 26.7 Å². The Morgan fingerprint density at radius 3 is 2.15 bits per heavy atom. The monoisotopic (exact) mass is 366 g/mol. The first-order valence-corrected chi connectivity index (χ1v) is 8.94. The van der Waals surface area contributed by atoms with Gasteiger partial charge in [0.15, 0.2) is 0 Å². The standard InChI is InChI=1S/C21H22N2O4/c1-4-26-20(24)18(21(25)27-5-2)19-22-16-8-6-7-9-17(16)23(19)15-12-10-14(3)11-13-15/h6-13,18H,4-5H2,1-3H3. The Morgan fingerprint density at radius 1 is 0.963 bits per heavy atom. The van der Waals surface area contributed by atoms with E-state index in [1.54, 1.807) is 13.8 Å². The molecule has 0 saturated heterocycles. The topological polar surface area (TPSA) is 70.4 Å². The quantitative estimate of drug-likeness (QED) is 0.493. The van der Waals surface area contributed by atoms with E-state index in [0.29, 0.717) is 5.52 Å². The van der Waals surface area contributed by atoms with Crippen molar-refractivity contribution in [3.63, 3.8) is 0 Å². The highest BCUT2D eigenvalue weighted by Crippen LogP contribution is 2.28. The van der Waals surface area contributed by atoms with Gasteiger partial charge in [-0.25, -0.2) is 4.98 Å². The number of benzene rings is 2. The van der Waals surface area contributed by atoms with Crippen LogP contribution in [0.4, 0.5) is 0 Å². The van der Waals surface area contributed by atoms with Gasteiger partial charge in [0.1, 0.15) is 5.82 Å². The minimum absolute atomic E-state index is 0.166. The van der Waals surface area contributed by atoms with Gasteiger partial charge < -0.3 is 9.47 Å². The van der Waals surface area contributed by atoms with Gasteiger partial charge in [0.05, 0.1) is 24.2 Å². The maximum Gasteiger partial charge on any atom is 0.328 e. The van der Waals surface area contributed by atoms with Crippen LogP contribution in [0.5, 0.6) is 0 Å². The highest BCUT2D eigenvalue weighted by molar-refractivity contribution is 6.01. The number of nitrogens with zero attached hydrogens (tertiary/aromatic N) is 2. The average molecular weight is 366 g/mol. The van der Waals surface area contributed by atoms with Crippen LogP contribution in [0.15, 0.2) is 48.5 Å². The highest BCUT2D eigenvalue weighted by Gasteiger charge is 2.36. The number of imidazole rings is 1. The molecular weight excluding hydrogens is 344 g/mol. The van der Waals surface area contributed by atoms with E-state index in [-0.39, 0.29) is 19.0 Å². The fraction of sp³-hybridized carbons (Fsp3) is 0.286. The molecule has 0 aliphatic heterocycles. The molecule has 0 spiro atoms. The van der Waals surface area contributed by atoms with Gasteiger partial charge in [0.25, 0.3) is 0 Å². The van der Waals surface area contributed by atoms with Crippen molar-refractivity contribution >= 4 is 23.0 Å². The minimum Gasteiger partial charge on any atom is -0.465 e. The molecule has 0 fully saturated rings. The molecule has 1 aromatic heterocycles. The van der Waals surface area contributed by atoms with Gasteiger partial charge >= 0.3 is 11.9 Å². The molecule has 0 atom stereocenters. The number of esters is 2. The molecule has 27 heavy (non-hydrogen) atoms. The van der Waals surface area contributed by atoms with Crippen molar-refractivity contribution in [3.8, 4) is 5.69 Å². The summed E-state index contributed by atoms with van der Waals surface area (Å²) >= 11 is 0. The Bertz CT molecular complexity index is 942. The van der Waals surface area contributed by atoms with Crippen molar-refractivity contribution in [2.75, 3.05) is 13.2 Å². The third-order valence-electron chi connectivity index (χ3n) is 4.18. The van der Waals surface area contributed by atoms with Crippen LogP contribution in [-0.2, 0) is 19.1 Å². The molecule has 1 heterocycles. The van der Waals surface area contributed by atoms with Crippen molar-refractivity contribution in [1.29, 1.82) is 0 Å². The second kappa shape index (κ2) is 8.03. The third kappa shape index (κ3) is 3.69. The van der Waals surface area contributed by atoms with Crippen LogP contribution in [0.25, 0.3) is 16.7 Å². The lowest BCUT2D eigenvalue weighted by molar-refractivity contribution is -0.157. The molecule has 0 unspecified atom stereocenters. The molecule has 0 amide bonds. The summed E-state index contributed by atoms with van der Waals surface area (Å²) in [6, 6.07) is 15.3. The lowest BCUT2D eigenvalue weighted by Crippen LogP contribution is -2.28. The fourth-order valence-corrected chi connectivity index (χ4v) is 2.96. The summed E-state index contributed by atoms with van der Waals surface area (Å²) in [5.74, 6) is -2.30. The molecule has 0 radical (unpaired) electrons. The van der Waals surface area contributed by atoms with Crippen LogP contribution in [0.1, 0.15) is 31.2 Å². The van der Waals surface area contributed by atoms with Crippen molar-refractivity contribution in [3.05, 3.63) is 59.9 Å². The first-order chi connectivity index (χ1) is 13.1. The lowest BCUT2D eigenvalue weighted by atomic mass is 10.1. The van der Waals surface area contributed by atoms with Crippen LogP contribution in [0.2, 0.25) is 0 Å². The fourth-order valence-electron chi connectivity index (χ4n) is 2.96.